The fourth-order valence-corrected chi connectivity index (χ4v) is 3.26. The van der Waals surface area contributed by atoms with E-state index in [0.29, 0.717) is 22.9 Å². The number of aromatic nitrogens is 1. The molecule has 0 saturated heterocycles. The van der Waals surface area contributed by atoms with Crippen molar-refractivity contribution in [1.82, 2.24) is 10.3 Å². The first kappa shape index (κ1) is 20.6. The molecule has 0 aliphatic heterocycles. The highest BCUT2D eigenvalue weighted by Gasteiger charge is 2.11. The maximum Gasteiger partial charge on any atom is 0.257 e. The van der Waals surface area contributed by atoms with Gasteiger partial charge in [0.2, 0.25) is 5.89 Å². The average Bonchev–Trinajstić information content (AvgIpc) is 3.18. The Kier molecular flexibility index (Phi) is 5.95. The Morgan fingerprint density at radius 3 is 2.65 bits per heavy atom. The van der Waals surface area contributed by atoms with E-state index in [9.17, 15) is 4.79 Å². The van der Waals surface area contributed by atoms with Crippen LogP contribution in [0.15, 0.2) is 77.2 Å². The lowest BCUT2D eigenvalue weighted by Crippen LogP contribution is -2.34. The second-order valence-corrected chi connectivity index (χ2v) is 7.58. The summed E-state index contributed by atoms with van der Waals surface area (Å²) < 4.78 is 11.5. The first-order chi connectivity index (χ1) is 15.0. The highest BCUT2D eigenvalue weighted by Crippen LogP contribution is 2.26. The van der Waals surface area contributed by atoms with Crippen molar-refractivity contribution in [3.05, 3.63) is 78.4 Å². The van der Waals surface area contributed by atoms with Gasteiger partial charge in [-0.1, -0.05) is 24.3 Å². The molecule has 0 aliphatic rings. The van der Waals surface area contributed by atoms with Gasteiger partial charge >= 0.3 is 0 Å². The molecule has 156 valence electrons. The van der Waals surface area contributed by atoms with Crippen LogP contribution in [0.4, 0.5) is 5.69 Å². The molecule has 1 heterocycles. The van der Waals surface area contributed by atoms with E-state index in [2.05, 4.69) is 15.6 Å². The summed E-state index contributed by atoms with van der Waals surface area (Å²) in [5.74, 6) is 0.830. The van der Waals surface area contributed by atoms with Crippen LogP contribution in [-0.2, 0) is 0 Å². The zero-order valence-electron chi connectivity index (χ0n) is 17.1. The number of benzene rings is 3. The number of carbonyl (C=O) groups excluding carboxylic acids is 1. The number of hydrogen-bond donors (Lipinski definition) is 2. The van der Waals surface area contributed by atoms with Gasteiger partial charge in [-0.3, -0.25) is 10.1 Å². The fraction of sp³-hybridized carbons (Fsp3) is 0.125. The predicted octanol–water partition coefficient (Wildman–Crippen LogP) is 5.41. The number of thiocarbonyl (C=S) groups is 1. The highest BCUT2D eigenvalue weighted by atomic mass is 32.1. The van der Waals surface area contributed by atoms with Crippen LogP contribution in [0, 0.1) is 0 Å². The summed E-state index contributed by atoms with van der Waals surface area (Å²) in [4.78, 5) is 17.1. The molecule has 0 spiro atoms. The van der Waals surface area contributed by atoms with Gasteiger partial charge in [0, 0.05) is 16.8 Å². The summed E-state index contributed by atoms with van der Waals surface area (Å²) in [6.45, 7) is 3.86. The number of nitrogens with zero attached hydrogens (tertiary/aromatic N) is 1. The lowest BCUT2D eigenvalue weighted by Gasteiger charge is -2.12. The molecule has 0 unspecified atom stereocenters. The molecule has 31 heavy (non-hydrogen) atoms. The summed E-state index contributed by atoms with van der Waals surface area (Å²) >= 11 is 5.31. The van der Waals surface area contributed by atoms with Crippen molar-refractivity contribution in [2.75, 3.05) is 5.32 Å². The van der Waals surface area contributed by atoms with Crippen LogP contribution in [0.2, 0.25) is 0 Å². The van der Waals surface area contributed by atoms with Gasteiger partial charge in [0.15, 0.2) is 10.7 Å². The van der Waals surface area contributed by atoms with Gasteiger partial charge in [0.25, 0.3) is 5.91 Å². The molecule has 3 aromatic carbocycles. The molecule has 0 bridgehead atoms. The van der Waals surface area contributed by atoms with Crippen molar-refractivity contribution in [3.63, 3.8) is 0 Å². The molecular weight excluding hydrogens is 410 g/mol. The number of rotatable bonds is 5. The number of anilines is 1. The second kappa shape index (κ2) is 8.97. The molecule has 1 amide bonds. The largest absolute Gasteiger partial charge is 0.491 e. The second-order valence-electron chi connectivity index (χ2n) is 7.17. The van der Waals surface area contributed by atoms with Crippen molar-refractivity contribution in [2.24, 2.45) is 0 Å². The number of hydrogen-bond acceptors (Lipinski definition) is 5. The Hall–Kier alpha value is -3.71. The van der Waals surface area contributed by atoms with Gasteiger partial charge in [-0.2, -0.15) is 0 Å². The van der Waals surface area contributed by atoms with Crippen LogP contribution in [0.3, 0.4) is 0 Å². The van der Waals surface area contributed by atoms with Gasteiger partial charge in [-0.05, 0) is 74.6 Å². The molecule has 4 rings (SSSR count). The monoisotopic (exact) mass is 431 g/mol. The summed E-state index contributed by atoms with van der Waals surface area (Å²) in [6, 6.07) is 22.0. The topological polar surface area (TPSA) is 76.4 Å². The summed E-state index contributed by atoms with van der Waals surface area (Å²) in [5, 5.41) is 5.91. The summed E-state index contributed by atoms with van der Waals surface area (Å²) in [7, 11) is 0. The van der Waals surface area contributed by atoms with Gasteiger partial charge < -0.3 is 14.5 Å². The van der Waals surface area contributed by atoms with Gasteiger partial charge in [0.1, 0.15) is 11.3 Å². The molecule has 0 radical (unpaired) electrons. The minimum atomic E-state index is -0.318. The average molecular weight is 432 g/mol. The van der Waals surface area contributed by atoms with Crippen LogP contribution >= 0.6 is 12.2 Å². The standard InChI is InChI=1S/C24H21N3O3S/c1-15(2)29-19-10-6-7-16(14-19)22(28)27-24(31)25-18-9-5-8-17(13-18)23-26-20-11-3-4-12-21(20)30-23/h3-15H,1-2H3,(H2,25,27,28,31). The molecule has 1 aromatic heterocycles. The first-order valence-corrected chi connectivity index (χ1v) is 10.2. The zero-order valence-corrected chi connectivity index (χ0v) is 17.9. The molecule has 2 N–H and O–H groups in total. The van der Waals surface area contributed by atoms with Gasteiger partial charge in [-0.25, -0.2) is 4.98 Å². The molecule has 0 aliphatic carbocycles. The van der Waals surface area contributed by atoms with Crippen LogP contribution < -0.4 is 15.4 Å². The van der Waals surface area contributed by atoms with Crippen molar-refractivity contribution in [3.8, 4) is 17.2 Å². The fourth-order valence-electron chi connectivity index (χ4n) is 3.05. The first-order valence-electron chi connectivity index (χ1n) is 9.83. The molecule has 0 saturated carbocycles. The van der Waals surface area contributed by atoms with E-state index in [-0.39, 0.29) is 17.1 Å². The van der Waals surface area contributed by atoms with Crippen molar-refractivity contribution < 1.29 is 13.9 Å². The quantitative estimate of drug-likeness (QED) is 0.412. The van der Waals surface area contributed by atoms with Crippen molar-refractivity contribution >= 4 is 40.0 Å². The smallest absolute Gasteiger partial charge is 0.257 e. The number of carbonyl (C=O) groups is 1. The molecule has 0 fully saturated rings. The maximum absolute atomic E-state index is 12.6. The number of para-hydroxylation sites is 2. The van der Waals surface area contributed by atoms with Crippen molar-refractivity contribution in [2.45, 2.75) is 20.0 Å². The number of oxazole rings is 1. The zero-order chi connectivity index (χ0) is 21.8. The van der Waals surface area contributed by atoms with E-state index in [1.165, 1.54) is 0 Å². The van der Waals surface area contributed by atoms with E-state index in [1.54, 1.807) is 18.2 Å². The number of nitrogens with one attached hydrogen (secondary N) is 2. The predicted molar refractivity (Wildman–Crippen MR) is 125 cm³/mol. The minimum Gasteiger partial charge on any atom is -0.491 e. The number of ether oxygens (including phenoxy) is 1. The molecule has 0 atom stereocenters. The van der Waals surface area contributed by atoms with Crippen LogP contribution in [0.25, 0.3) is 22.6 Å². The Balaban J connectivity index is 1.44. The maximum atomic E-state index is 12.6. The van der Waals surface area contributed by atoms with E-state index in [0.717, 1.165) is 16.7 Å². The minimum absolute atomic E-state index is 0.0228. The van der Waals surface area contributed by atoms with Gasteiger partial charge in [-0.15, -0.1) is 0 Å². The Morgan fingerprint density at radius 2 is 1.84 bits per heavy atom. The van der Waals surface area contributed by atoms with E-state index < -0.39 is 0 Å². The van der Waals surface area contributed by atoms with Crippen LogP contribution in [-0.4, -0.2) is 22.1 Å². The van der Waals surface area contributed by atoms with Gasteiger partial charge in [0.05, 0.1) is 6.10 Å². The molecule has 6 nitrogen and oxygen atoms in total. The lowest BCUT2D eigenvalue weighted by molar-refractivity contribution is 0.0977. The molecule has 7 heteroatoms. The van der Waals surface area contributed by atoms with Crippen LogP contribution in [0.5, 0.6) is 5.75 Å². The number of fused-ring (bicyclic) bond motifs is 1. The SMILES string of the molecule is CC(C)Oc1cccc(C(=O)NC(=S)Nc2cccc(-c3nc4ccccc4o3)c2)c1. The normalized spacial score (nSPS) is 10.8. The molecule has 4 aromatic rings. The lowest BCUT2D eigenvalue weighted by atomic mass is 10.2. The Labute approximate surface area is 185 Å². The van der Waals surface area contributed by atoms with E-state index in [1.807, 2.05) is 68.4 Å². The van der Waals surface area contributed by atoms with Crippen molar-refractivity contribution in [1.29, 1.82) is 0 Å². The number of amides is 1. The Bertz CT molecular complexity index is 1220. The van der Waals surface area contributed by atoms with E-state index >= 15 is 0 Å². The molecular formula is C24H21N3O3S. The third kappa shape index (κ3) is 5.07. The highest BCUT2D eigenvalue weighted by molar-refractivity contribution is 7.80. The summed E-state index contributed by atoms with van der Waals surface area (Å²) in [5.41, 5.74) is 3.49. The Morgan fingerprint density at radius 1 is 1.03 bits per heavy atom. The third-order valence-electron chi connectivity index (χ3n) is 4.36. The third-order valence-corrected chi connectivity index (χ3v) is 4.56. The summed E-state index contributed by atoms with van der Waals surface area (Å²) in [6.07, 6.45) is 0.0228. The van der Waals surface area contributed by atoms with E-state index in [4.69, 9.17) is 21.4 Å². The van der Waals surface area contributed by atoms with Crippen LogP contribution in [0.1, 0.15) is 24.2 Å².